The predicted molar refractivity (Wildman–Crippen MR) is 177 cm³/mol. The number of nitrogens with two attached hydrogens (primary N) is 2. The van der Waals surface area contributed by atoms with Crippen molar-refractivity contribution >= 4 is 23.7 Å². The number of hydrogen-bond acceptors (Lipinski definition) is 4. The number of hydrogen-bond donors (Lipinski definition) is 3. The highest BCUT2D eigenvalue weighted by molar-refractivity contribution is 5.98. The van der Waals surface area contributed by atoms with Crippen molar-refractivity contribution in [3.05, 3.63) is 142 Å². The summed E-state index contributed by atoms with van der Waals surface area (Å²) in [6, 6.07) is 32.5. The van der Waals surface area contributed by atoms with Crippen molar-refractivity contribution in [3.8, 4) is 5.75 Å². The molecule has 0 spiro atoms. The number of nitrogens with one attached hydrogen (secondary N) is 1. The van der Waals surface area contributed by atoms with Crippen LogP contribution in [0.1, 0.15) is 67.3 Å². The van der Waals surface area contributed by atoms with Crippen LogP contribution in [0.2, 0.25) is 0 Å². The van der Waals surface area contributed by atoms with Gasteiger partial charge in [0.25, 0.3) is 0 Å². The molecular formula is C38H38N4O. The number of nitrogens with zero attached hydrogens (tertiary/aromatic N) is 1. The van der Waals surface area contributed by atoms with Gasteiger partial charge in [0.15, 0.2) is 6.23 Å². The Balaban J connectivity index is 1.24. The number of para-hydroxylation sites is 2. The molecule has 1 aliphatic heterocycles. The van der Waals surface area contributed by atoms with E-state index in [2.05, 4.69) is 93.7 Å². The van der Waals surface area contributed by atoms with Crippen molar-refractivity contribution in [2.45, 2.75) is 56.8 Å². The molecule has 2 aliphatic carbocycles. The van der Waals surface area contributed by atoms with E-state index >= 15 is 0 Å². The maximum absolute atomic E-state index is 7.29. The molecule has 3 unspecified atom stereocenters. The van der Waals surface area contributed by atoms with Gasteiger partial charge in [-0.1, -0.05) is 125 Å². The van der Waals surface area contributed by atoms with Gasteiger partial charge in [-0.2, -0.15) is 0 Å². The third-order valence-corrected chi connectivity index (χ3v) is 9.56. The van der Waals surface area contributed by atoms with Crippen LogP contribution in [0.5, 0.6) is 5.75 Å². The Morgan fingerprint density at radius 1 is 0.744 bits per heavy atom. The Hall–Kier alpha value is -4.61. The van der Waals surface area contributed by atoms with E-state index in [4.69, 9.17) is 21.2 Å². The van der Waals surface area contributed by atoms with Crippen molar-refractivity contribution in [2.24, 2.45) is 16.5 Å². The zero-order valence-electron chi connectivity index (χ0n) is 25.1. The largest absolute Gasteiger partial charge is 0.464 e. The van der Waals surface area contributed by atoms with E-state index in [-0.39, 0.29) is 29.1 Å². The van der Waals surface area contributed by atoms with Gasteiger partial charge in [0.1, 0.15) is 11.6 Å². The SMILES string of the molecule is CC1(C)C(C(N)C(N=C(N)c2ccc(C3Nc4ccccc4O3)cc2)C2=Cc3ccccc3C2(C)C)=Cc2ccccc21. The lowest BCUT2D eigenvalue weighted by Crippen LogP contribution is -2.45. The van der Waals surface area contributed by atoms with Crippen LogP contribution in [0.3, 0.4) is 0 Å². The molecule has 3 aliphatic rings. The highest BCUT2D eigenvalue weighted by atomic mass is 16.5. The Morgan fingerprint density at radius 3 is 1.93 bits per heavy atom. The number of rotatable bonds is 6. The van der Waals surface area contributed by atoms with Gasteiger partial charge < -0.3 is 21.5 Å². The lowest BCUT2D eigenvalue weighted by Gasteiger charge is -2.36. The summed E-state index contributed by atoms with van der Waals surface area (Å²) < 4.78 is 6.11. The number of ether oxygens (including phenoxy) is 1. The van der Waals surface area contributed by atoms with Crippen LogP contribution < -0.4 is 21.5 Å². The Morgan fingerprint density at radius 2 is 1.30 bits per heavy atom. The van der Waals surface area contributed by atoms with Crippen molar-refractivity contribution < 1.29 is 4.74 Å². The maximum Gasteiger partial charge on any atom is 0.196 e. The molecule has 5 nitrogen and oxygen atoms in total. The van der Waals surface area contributed by atoms with E-state index in [1.807, 2.05) is 48.5 Å². The average Bonchev–Trinajstić information content (AvgIpc) is 3.65. The van der Waals surface area contributed by atoms with Crippen molar-refractivity contribution in [1.29, 1.82) is 0 Å². The third-order valence-electron chi connectivity index (χ3n) is 9.56. The van der Waals surface area contributed by atoms with Gasteiger partial charge in [-0.15, -0.1) is 0 Å². The molecule has 5 N–H and O–H groups in total. The third kappa shape index (κ3) is 4.47. The minimum absolute atomic E-state index is 0.220. The van der Waals surface area contributed by atoms with Crippen LogP contribution >= 0.6 is 0 Å². The molecule has 5 heteroatoms. The first-order chi connectivity index (χ1) is 20.6. The molecule has 216 valence electrons. The molecule has 0 aromatic heterocycles. The molecular weight excluding hydrogens is 528 g/mol. The quantitative estimate of drug-likeness (QED) is 0.168. The minimum atomic E-state index is -0.366. The van der Waals surface area contributed by atoms with Crippen LogP contribution in [0, 0.1) is 0 Å². The van der Waals surface area contributed by atoms with Crippen LogP contribution in [0.25, 0.3) is 12.2 Å². The Kier molecular flexibility index (Phi) is 6.33. The summed E-state index contributed by atoms with van der Waals surface area (Å²) in [5.74, 6) is 1.33. The maximum atomic E-state index is 7.29. The summed E-state index contributed by atoms with van der Waals surface area (Å²) in [7, 11) is 0. The molecule has 0 saturated heterocycles. The second-order valence-electron chi connectivity index (χ2n) is 12.9. The first kappa shape index (κ1) is 27.2. The van der Waals surface area contributed by atoms with Crippen LogP contribution in [0.4, 0.5) is 5.69 Å². The molecule has 1 heterocycles. The van der Waals surface area contributed by atoms with E-state index in [0.29, 0.717) is 5.84 Å². The summed E-state index contributed by atoms with van der Waals surface area (Å²) in [5, 5.41) is 3.43. The van der Waals surface area contributed by atoms with E-state index in [1.54, 1.807) is 0 Å². The van der Waals surface area contributed by atoms with Gasteiger partial charge in [0.2, 0.25) is 0 Å². The predicted octanol–water partition coefficient (Wildman–Crippen LogP) is 7.34. The molecule has 4 aromatic rings. The second-order valence-corrected chi connectivity index (χ2v) is 12.9. The standard InChI is InChI=1S/C38H38N4O/c1-37(2)27-13-7-5-11-25(27)21-29(37)33(39)34(30-22-26-12-6-8-14-28(26)38(30,3)4)42-35(40)23-17-19-24(20-18-23)36-41-31-15-9-10-16-32(31)43-36/h5-22,33-34,36,41H,39H2,1-4H3,(H2,40,42). The summed E-state index contributed by atoms with van der Waals surface area (Å²) in [6.45, 7) is 9.04. The fraction of sp³-hybridized carbons (Fsp3) is 0.237. The molecule has 3 atom stereocenters. The van der Waals surface area contributed by atoms with Gasteiger partial charge >= 0.3 is 0 Å². The lowest BCUT2D eigenvalue weighted by atomic mass is 9.72. The summed E-state index contributed by atoms with van der Waals surface area (Å²) in [5.41, 5.74) is 23.9. The number of fused-ring (bicyclic) bond motifs is 3. The Bertz CT molecular complexity index is 1790. The Labute approximate surface area is 254 Å². The molecule has 4 aromatic carbocycles. The molecule has 0 amide bonds. The van der Waals surface area contributed by atoms with Gasteiger partial charge in [-0.05, 0) is 45.5 Å². The molecule has 0 saturated carbocycles. The van der Waals surface area contributed by atoms with Gasteiger partial charge in [0.05, 0.1) is 17.8 Å². The number of aliphatic imine (C=N–C) groups is 1. The molecule has 0 fully saturated rings. The topological polar surface area (TPSA) is 85.7 Å². The summed E-state index contributed by atoms with van der Waals surface area (Å²) in [4.78, 5) is 5.25. The zero-order chi connectivity index (χ0) is 29.9. The van der Waals surface area contributed by atoms with Crippen molar-refractivity contribution in [2.75, 3.05) is 5.32 Å². The number of amidine groups is 1. The van der Waals surface area contributed by atoms with Crippen molar-refractivity contribution in [1.82, 2.24) is 0 Å². The highest BCUT2D eigenvalue weighted by Gasteiger charge is 2.44. The van der Waals surface area contributed by atoms with Gasteiger partial charge in [-0.3, -0.25) is 4.99 Å². The molecule has 0 bridgehead atoms. The smallest absolute Gasteiger partial charge is 0.196 e. The first-order valence-electron chi connectivity index (χ1n) is 15.0. The van der Waals surface area contributed by atoms with E-state index in [9.17, 15) is 0 Å². The zero-order valence-corrected chi connectivity index (χ0v) is 25.1. The monoisotopic (exact) mass is 566 g/mol. The minimum Gasteiger partial charge on any atom is -0.464 e. The summed E-state index contributed by atoms with van der Waals surface area (Å²) >= 11 is 0. The van der Waals surface area contributed by atoms with E-state index in [0.717, 1.165) is 22.6 Å². The highest BCUT2D eigenvalue weighted by Crippen LogP contribution is 2.48. The lowest BCUT2D eigenvalue weighted by molar-refractivity contribution is 0.260. The fourth-order valence-electron chi connectivity index (χ4n) is 7.06. The molecule has 7 rings (SSSR count). The molecule has 43 heavy (non-hydrogen) atoms. The first-order valence-corrected chi connectivity index (χ1v) is 15.0. The summed E-state index contributed by atoms with van der Waals surface area (Å²) in [6.07, 6.45) is 4.29. The van der Waals surface area contributed by atoms with Crippen LogP contribution in [-0.2, 0) is 10.8 Å². The van der Waals surface area contributed by atoms with Gasteiger partial charge in [0, 0.05) is 22.0 Å². The second kappa shape index (κ2) is 9.99. The van der Waals surface area contributed by atoms with Crippen molar-refractivity contribution in [3.63, 3.8) is 0 Å². The van der Waals surface area contributed by atoms with E-state index in [1.165, 1.54) is 33.4 Å². The van der Waals surface area contributed by atoms with Crippen LogP contribution in [-0.4, -0.2) is 17.9 Å². The number of anilines is 1. The number of benzene rings is 4. The normalized spacial score (nSPS) is 20.6. The van der Waals surface area contributed by atoms with Crippen LogP contribution in [0.15, 0.2) is 113 Å². The van der Waals surface area contributed by atoms with E-state index < -0.39 is 0 Å². The molecule has 0 radical (unpaired) electrons. The fourth-order valence-corrected chi connectivity index (χ4v) is 7.06. The average molecular weight is 567 g/mol. The van der Waals surface area contributed by atoms with Gasteiger partial charge in [-0.25, -0.2) is 0 Å².